The minimum atomic E-state index is -0.430. The van der Waals surface area contributed by atoms with E-state index in [-0.39, 0.29) is 5.82 Å². The Labute approximate surface area is 120 Å². The van der Waals surface area contributed by atoms with Crippen LogP contribution in [0.1, 0.15) is 24.1 Å². The second-order valence-electron chi connectivity index (χ2n) is 4.48. The standard InChI is InChI=1S/C15H15BrFNO/c1-9-6-7-13(11(16)8-9)19-14-5-3-4-12(17)15(14)10(2)18/h3-8,10H,18H2,1-2H3. The molecular weight excluding hydrogens is 309 g/mol. The molecule has 0 heterocycles. The maximum absolute atomic E-state index is 13.8. The topological polar surface area (TPSA) is 35.2 Å². The van der Waals surface area contributed by atoms with Crippen LogP contribution in [0.15, 0.2) is 40.9 Å². The number of hydrogen-bond acceptors (Lipinski definition) is 2. The lowest BCUT2D eigenvalue weighted by molar-refractivity contribution is 0.458. The zero-order chi connectivity index (χ0) is 14.0. The van der Waals surface area contributed by atoms with Gasteiger partial charge in [0, 0.05) is 11.6 Å². The van der Waals surface area contributed by atoms with Gasteiger partial charge in [0.05, 0.1) is 4.47 Å². The predicted octanol–water partition coefficient (Wildman–Crippen LogP) is 4.71. The van der Waals surface area contributed by atoms with E-state index in [1.807, 2.05) is 25.1 Å². The maximum Gasteiger partial charge on any atom is 0.141 e. The molecular formula is C15H15BrFNO. The van der Waals surface area contributed by atoms with Crippen molar-refractivity contribution >= 4 is 15.9 Å². The molecule has 100 valence electrons. The molecule has 0 amide bonds. The molecule has 0 aromatic heterocycles. The Balaban J connectivity index is 2.41. The summed E-state index contributed by atoms with van der Waals surface area (Å²) in [7, 11) is 0. The normalized spacial score (nSPS) is 12.3. The van der Waals surface area contributed by atoms with Crippen molar-refractivity contribution in [2.24, 2.45) is 5.73 Å². The van der Waals surface area contributed by atoms with Crippen LogP contribution in [0.2, 0.25) is 0 Å². The van der Waals surface area contributed by atoms with Crippen LogP contribution in [0.25, 0.3) is 0 Å². The fraction of sp³-hybridized carbons (Fsp3) is 0.200. The molecule has 2 rings (SSSR count). The third kappa shape index (κ3) is 3.14. The smallest absolute Gasteiger partial charge is 0.141 e. The Hall–Kier alpha value is -1.39. The van der Waals surface area contributed by atoms with Gasteiger partial charge in [-0.1, -0.05) is 12.1 Å². The maximum atomic E-state index is 13.8. The number of rotatable bonds is 3. The van der Waals surface area contributed by atoms with Gasteiger partial charge in [0.15, 0.2) is 0 Å². The first kappa shape index (κ1) is 14.0. The van der Waals surface area contributed by atoms with Gasteiger partial charge in [0.1, 0.15) is 17.3 Å². The average Bonchev–Trinajstić information content (AvgIpc) is 2.32. The number of ether oxygens (including phenoxy) is 1. The molecule has 0 radical (unpaired) electrons. The van der Waals surface area contributed by atoms with Crippen molar-refractivity contribution in [3.63, 3.8) is 0 Å². The van der Waals surface area contributed by atoms with Gasteiger partial charge in [-0.05, 0) is 59.6 Å². The quantitative estimate of drug-likeness (QED) is 0.887. The lowest BCUT2D eigenvalue weighted by Crippen LogP contribution is -2.09. The fourth-order valence-electron chi connectivity index (χ4n) is 1.86. The first-order chi connectivity index (χ1) is 8.99. The summed E-state index contributed by atoms with van der Waals surface area (Å²) < 4.78 is 20.4. The van der Waals surface area contributed by atoms with Crippen molar-refractivity contribution in [3.05, 3.63) is 57.8 Å². The molecule has 0 bridgehead atoms. The van der Waals surface area contributed by atoms with Crippen LogP contribution in [0.5, 0.6) is 11.5 Å². The van der Waals surface area contributed by atoms with Gasteiger partial charge in [0.2, 0.25) is 0 Å². The zero-order valence-electron chi connectivity index (χ0n) is 10.8. The van der Waals surface area contributed by atoms with E-state index in [0.29, 0.717) is 17.1 Å². The molecule has 0 aliphatic rings. The van der Waals surface area contributed by atoms with Gasteiger partial charge in [-0.3, -0.25) is 0 Å². The largest absolute Gasteiger partial charge is 0.456 e. The molecule has 2 N–H and O–H groups in total. The van der Waals surface area contributed by atoms with Crippen molar-refractivity contribution < 1.29 is 9.13 Å². The molecule has 0 saturated heterocycles. The minimum absolute atomic E-state index is 0.351. The molecule has 0 spiro atoms. The molecule has 0 fully saturated rings. The third-order valence-electron chi connectivity index (χ3n) is 2.78. The Morgan fingerprint density at radius 3 is 2.58 bits per heavy atom. The van der Waals surface area contributed by atoms with E-state index in [0.717, 1.165) is 10.0 Å². The molecule has 0 saturated carbocycles. The van der Waals surface area contributed by atoms with Gasteiger partial charge in [-0.25, -0.2) is 4.39 Å². The number of hydrogen-bond donors (Lipinski definition) is 1. The van der Waals surface area contributed by atoms with Crippen LogP contribution in [0, 0.1) is 12.7 Å². The predicted molar refractivity (Wildman–Crippen MR) is 78.0 cm³/mol. The Morgan fingerprint density at radius 1 is 1.21 bits per heavy atom. The number of benzene rings is 2. The Kier molecular flexibility index (Phi) is 4.22. The van der Waals surface area contributed by atoms with E-state index in [9.17, 15) is 4.39 Å². The van der Waals surface area contributed by atoms with Crippen LogP contribution >= 0.6 is 15.9 Å². The van der Waals surface area contributed by atoms with Gasteiger partial charge < -0.3 is 10.5 Å². The van der Waals surface area contributed by atoms with Gasteiger partial charge >= 0.3 is 0 Å². The first-order valence-corrected chi connectivity index (χ1v) is 6.76. The van der Waals surface area contributed by atoms with Gasteiger partial charge in [-0.15, -0.1) is 0 Å². The SMILES string of the molecule is Cc1ccc(Oc2cccc(F)c2C(C)N)c(Br)c1. The summed E-state index contributed by atoms with van der Waals surface area (Å²) in [6.07, 6.45) is 0. The molecule has 4 heteroatoms. The molecule has 0 aliphatic carbocycles. The summed E-state index contributed by atoms with van der Waals surface area (Å²) in [5.41, 5.74) is 7.30. The van der Waals surface area contributed by atoms with Crippen molar-refractivity contribution in [1.29, 1.82) is 0 Å². The van der Waals surface area contributed by atoms with Crippen molar-refractivity contribution in [2.75, 3.05) is 0 Å². The van der Waals surface area contributed by atoms with Crippen molar-refractivity contribution in [2.45, 2.75) is 19.9 Å². The van der Waals surface area contributed by atoms with E-state index in [1.54, 1.807) is 19.1 Å². The highest BCUT2D eigenvalue weighted by molar-refractivity contribution is 9.10. The Bertz CT molecular complexity index is 599. The van der Waals surface area contributed by atoms with E-state index >= 15 is 0 Å². The van der Waals surface area contributed by atoms with Gasteiger partial charge in [0.25, 0.3) is 0 Å². The summed E-state index contributed by atoms with van der Waals surface area (Å²) in [5.74, 6) is 0.730. The molecule has 2 nitrogen and oxygen atoms in total. The van der Waals surface area contributed by atoms with E-state index in [4.69, 9.17) is 10.5 Å². The third-order valence-corrected chi connectivity index (χ3v) is 3.40. The summed E-state index contributed by atoms with van der Waals surface area (Å²) in [5, 5.41) is 0. The van der Waals surface area contributed by atoms with E-state index < -0.39 is 6.04 Å². The van der Waals surface area contributed by atoms with Crippen LogP contribution in [0.4, 0.5) is 4.39 Å². The van der Waals surface area contributed by atoms with Crippen LogP contribution < -0.4 is 10.5 Å². The van der Waals surface area contributed by atoms with Crippen molar-refractivity contribution in [3.8, 4) is 11.5 Å². The second-order valence-corrected chi connectivity index (χ2v) is 5.33. The lowest BCUT2D eigenvalue weighted by Gasteiger charge is -2.15. The number of halogens is 2. The Morgan fingerprint density at radius 2 is 1.95 bits per heavy atom. The van der Waals surface area contributed by atoms with Crippen LogP contribution in [-0.4, -0.2) is 0 Å². The number of nitrogens with two attached hydrogens (primary N) is 1. The van der Waals surface area contributed by atoms with Crippen LogP contribution in [0.3, 0.4) is 0 Å². The monoisotopic (exact) mass is 323 g/mol. The summed E-state index contributed by atoms with van der Waals surface area (Å²) in [6, 6.07) is 10.0. The highest BCUT2D eigenvalue weighted by Gasteiger charge is 2.15. The molecule has 2 aromatic carbocycles. The number of aryl methyl sites for hydroxylation is 1. The highest BCUT2D eigenvalue weighted by atomic mass is 79.9. The second kappa shape index (κ2) is 5.72. The summed E-state index contributed by atoms with van der Waals surface area (Å²) in [6.45, 7) is 3.72. The van der Waals surface area contributed by atoms with E-state index in [2.05, 4.69) is 15.9 Å². The van der Waals surface area contributed by atoms with Crippen LogP contribution in [-0.2, 0) is 0 Å². The molecule has 19 heavy (non-hydrogen) atoms. The molecule has 1 unspecified atom stereocenters. The summed E-state index contributed by atoms with van der Waals surface area (Å²) in [4.78, 5) is 0. The zero-order valence-corrected chi connectivity index (χ0v) is 12.4. The average molecular weight is 324 g/mol. The molecule has 1 atom stereocenters. The minimum Gasteiger partial charge on any atom is -0.456 e. The first-order valence-electron chi connectivity index (χ1n) is 5.97. The summed E-state index contributed by atoms with van der Waals surface area (Å²) >= 11 is 3.43. The molecule has 2 aromatic rings. The lowest BCUT2D eigenvalue weighted by atomic mass is 10.1. The van der Waals surface area contributed by atoms with Crippen molar-refractivity contribution in [1.82, 2.24) is 0 Å². The molecule has 0 aliphatic heterocycles. The van der Waals surface area contributed by atoms with Gasteiger partial charge in [-0.2, -0.15) is 0 Å². The fourth-order valence-corrected chi connectivity index (χ4v) is 2.43. The van der Waals surface area contributed by atoms with E-state index in [1.165, 1.54) is 6.07 Å². The highest BCUT2D eigenvalue weighted by Crippen LogP contribution is 2.34.